The molecule has 1 saturated heterocycles. The SMILES string of the molecule is CC1CN(CCC(N)c2ccccc2F)CCO1. The molecule has 0 aromatic heterocycles. The number of nitrogens with zero attached hydrogens (tertiary/aromatic N) is 1. The summed E-state index contributed by atoms with van der Waals surface area (Å²) in [5.74, 6) is -0.208. The van der Waals surface area contributed by atoms with E-state index in [-0.39, 0.29) is 18.0 Å². The molecule has 0 spiro atoms. The highest BCUT2D eigenvalue weighted by Gasteiger charge is 2.18. The molecule has 0 bridgehead atoms. The van der Waals surface area contributed by atoms with Crippen LogP contribution in [0.4, 0.5) is 4.39 Å². The van der Waals surface area contributed by atoms with Crippen molar-refractivity contribution in [2.75, 3.05) is 26.2 Å². The molecule has 1 aliphatic rings. The molecule has 0 amide bonds. The van der Waals surface area contributed by atoms with E-state index in [9.17, 15) is 4.39 Å². The molecule has 3 nitrogen and oxygen atoms in total. The molecule has 1 fully saturated rings. The van der Waals surface area contributed by atoms with Crippen LogP contribution in [0, 0.1) is 5.82 Å². The van der Waals surface area contributed by atoms with Crippen LogP contribution >= 0.6 is 0 Å². The van der Waals surface area contributed by atoms with E-state index in [1.165, 1.54) is 6.07 Å². The van der Waals surface area contributed by atoms with Gasteiger partial charge in [0.15, 0.2) is 0 Å². The van der Waals surface area contributed by atoms with Gasteiger partial charge in [-0.05, 0) is 19.4 Å². The predicted molar refractivity (Wildman–Crippen MR) is 69.8 cm³/mol. The Labute approximate surface area is 108 Å². The van der Waals surface area contributed by atoms with Crippen molar-refractivity contribution in [3.05, 3.63) is 35.6 Å². The lowest BCUT2D eigenvalue weighted by Gasteiger charge is -2.31. The fourth-order valence-corrected chi connectivity index (χ4v) is 2.35. The van der Waals surface area contributed by atoms with E-state index in [0.717, 1.165) is 32.7 Å². The fourth-order valence-electron chi connectivity index (χ4n) is 2.35. The topological polar surface area (TPSA) is 38.5 Å². The highest BCUT2D eigenvalue weighted by atomic mass is 19.1. The van der Waals surface area contributed by atoms with Crippen LogP contribution in [-0.2, 0) is 4.74 Å². The van der Waals surface area contributed by atoms with Crippen molar-refractivity contribution in [2.24, 2.45) is 5.73 Å². The number of morpholine rings is 1. The van der Waals surface area contributed by atoms with Crippen LogP contribution in [0.5, 0.6) is 0 Å². The summed E-state index contributed by atoms with van der Waals surface area (Å²) in [6.45, 7) is 5.61. The third-order valence-electron chi connectivity index (χ3n) is 3.39. The number of hydrogen-bond donors (Lipinski definition) is 1. The van der Waals surface area contributed by atoms with Crippen LogP contribution in [0.2, 0.25) is 0 Å². The standard InChI is InChI=1S/C14H21FN2O/c1-11-10-17(8-9-18-11)7-6-14(16)12-4-2-3-5-13(12)15/h2-5,11,14H,6-10,16H2,1H3. The first-order chi connectivity index (χ1) is 8.66. The number of nitrogens with two attached hydrogens (primary N) is 1. The van der Waals surface area contributed by atoms with Crippen molar-refractivity contribution in [2.45, 2.75) is 25.5 Å². The summed E-state index contributed by atoms with van der Waals surface area (Å²) in [6.07, 6.45) is 1.05. The Hall–Kier alpha value is -0.970. The molecule has 0 radical (unpaired) electrons. The van der Waals surface area contributed by atoms with E-state index in [1.807, 2.05) is 6.07 Å². The number of rotatable bonds is 4. The van der Waals surface area contributed by atoms with Gasteiger partial charge in [-0.3, -0.25) is 4.90 Å². The van der Waals surface area contributed by atoms with Crippen molar-refractivity contribution in [3.8, 4) is 0 Å². The van der Waals surface area contributed by atoms with Crippen LogP contribution in [0.15, 0.2) is 24.3 Å². The van der Waals surface area contributed by atoms with E-state index in [4.69, 9.17) is 10.5 Å². The Morgan fingerprint density at radius 2 is 2.28 bits per heavy atom. The lowest BCUT2D eigenvalue weighted by atomic mass is 10.0. The summed E-state index contributed by atoms with van der Waals surface area (Å²) in [4.78, 5) is 2.33. The predicted octanol–water partition coefficient (Wildman–Crippen LogP) is 1.94. The van der Waals surface area contributed by atoms with Gasteiger partial charge in [0.2, 0.25) is 0 Å². The zero-order valence-electron chi connectivity index (χ0n) is 10.8. The van der Waals surface area contributed by atoms with Gasteiger partial charge in [-0.1, -0.05) is 18.2 Å². The van der Waals surface area contributed by atoms with Crippen molar-refractivity contribution >= 4 is 0 Å². The molecular weight excluding hydrogens is 231 g/mol. The molecule has 0 saturated carbocycles. The average molecular weight is 252 g/mol. The third-order valence-corrected chi connectivity index (χ3v) is 3.39. The van der Waals surface area contributed by atoms with Gasteiger partial charge in [0.25, 0.3) is 0 Å². The van der Waals surface area contributed by atoms with Crippen molar-refractivity contribution in [1.82, 2.24) is 4.90 Å². The molecule has 0 aliphatic carbocycles. The summed E-state index contributed by atoms with van der Waals surface area (Å²) in [6, 6.07) is 6.52. The van der Waals surface area contributed by atoms with Crippen LogP contribution in [-0.4, -0.2) is 37.2 Å². The Bertz CT molecular complexity index is 386. The summed E-state index contributed by atoms with van der Waals surface area (Å²) < 4.78 is 19.0. The number of benzene rings is 1. The Kier molecular flexibility index (Phi) is 4.69. The van der Waals surface area contributed by atoms with Gasteiger partial charge in [-0.25, -0.2) is 4.39 Å². The quantitative estimate of drug-likeness (QED) is 0.890. The first kappa shape index (κ1) is 13.5. The monoisotopic (exact) mass is 252 g/mol. The molecule has 18 heavy (non-hydrogen) atoms. The minimum absolute atomic E-state index is 0.208. The maximum absolute atomic E-state index is 13.6. The molecule has 4 heteroatoms. The fraction of sp³-hybridized carbons (Fsp3) is 0.571. The zero-order valence-corrected chi connectivity index (χ0v) is 10.8. The van der Waals surface area contributed by atoms with Gasteiger partial charge < -0.3 is 10.5 Å². The van der Waals surface area contributed by atoms with Crippen molar-refractivity contribution in [3.63, 3.8) is 0 Å². The second-order valence-electron chi connectivity index (χ2n) is 4.90. The maximum Gasteiger partial charge on any atom is 0.127 e. The Morgan fingerprint density at radius 3 is 3.00 bits per heavy atom. The second-order valence-corrected chi connectivity index (χ2v) is 4.90. The van der Waals surface area contributed by atoms with E-state index in [2.05, 4.69) is 11.8 Å². The van der Waals surface area contributed by atoms with Crippen LogP contribution in [0.1, 0.15) is 24.9 Å². The lowest BCUT2D eigenvalue weighted by Crippen LogP contribution is -2.42. The van der Waals surface area contributed by atoms with E-state index < -0.39 is 0 Å². The zero-order chi connectivity index (χ0) is 13.0. The normalized spacial score (nSPS) is 22.9. The van der Waals surface area contributed by atoms with Crippen LogP contribution in [0.3, 0.4) is 0 Å². The van der Waals surface area contributed by atoms with Gasteiger partial charge in [0.05, 0.1) is 12.7 Å². The Balaban J connectivity index is 1.84. The molecule has 2 atom stereocenters. The molecule has 2 rings (SSSR count). The van der Waals surface area contributed by atoms with Crippen LogP contribution < -0.4 is 5.73 Å². The van der Waals surface area contributed by atoms with Gasteiger partial charge in [-0.15, -0.1) is 0 Å². The lowest BCUT2D eigenvalue weighted by molar-refractivity contribution is -0.0189. The molecule has 2 N–H and O–H groups in total. The Morgan fingerprint density at radius 1 is 1.50 bits per heavy atom. The number of hydrogen-bond acceptors (Lipinski definition) is 3. The summed E-state index contributed by atoms with van der Waals surface area (Å²) in [7, 11) is 0. The minimum atomic E-state index is -0.232. The third kappa shape index (κ3) is 3.51. The van der Waals surface area contributed by atoms with Gasteiger partial charge in [0.1, 0.15) is 5.82 Å². The molecule has 1 aromatic carbocycles. The summed E-state index contributed by atoms with van der Waals surface area (Å²) in [5.41, 5.74) is 6.66. The van der Waals surface area contributed by atoms with Gasteiger partial charge >= 0.3 is 0 Å². The second kappa shape index (κ2) is 6.27. The average Bonchev–Trinajstić information content (AvgIpc) is 2.37. The first-order valence-electron chi connectivity index (χ1n) is 6.51. The molecule has 100 valence electrons. The van der Waals surface area contributed by atoms with E-state index >= 15 is 0 Å². The van der Waals surface area contributed by atoms with Gasteiger partial charge in [-0.2, -0.15) is 0 Å². The molecule has 1 heterocycles. The maximum atomic E-state index is 13.6. The van der Waals surface area contributed by atoms with Crippen molar-refractivity contribution < 1.29 is 9.13 Å². The van der Waals surface area contributed by atoms with E-state index in [0.29, 0.717) is 5.56 Å². The highest BCUT2D eigenvalue weighted by Crippen LogP contribution is 2.18. The van der Waals surface area contributed by atoms with Crippen molar-refractivity contribution in [1.29, 1.82) is 0 Å². The molecule has 1 aliphatic heterocycles. The van der Waals surface area contributed by atoms with Gasteiger partial charge in [0, 0.05) is 31.2 Å². The van der Waals surface area contributed by atoms with Crippen LogP contribution in [0.25, 0.3) is 0 Å². The van der Waals surface area contributed by atoms with E-state index in [1.54, 1.807) is 12.1 Å². The smallest absolute Gasteiger partial charge is 0.127 e. The number of ether oxygens (including phenoxy) is 1. The molecule has 2 unspecified atom stereocenters. The number of halogens is 1. The minimum Gasteiger partial charge on any atom is -0.376 e. The first-order valence-corrected chi connectivity index (χ1v) is 6.51. The summed E-state index contributed by atoms with van der Waals surface area (Å²) >= 11 is 0. The highest BCUT2D eigenvalue weighted by molar-refractivity contribution is 5.20. The molecular formula is C14H21FN2O. The largest absolute Gasteiger partial charge is 0.376 e. The summed E-state index contributed by atoms with van der Waals surface area (Å²) in [5, 5.41) is 0. The molecule has 1 aromatic rings.